The van der Waals surface area contributed by atoms with Gasteiger partial charge in [-0.15, -0.1) is 0 Å². The van der Waals surface area contributed by atoms with E-state index < -0.39 is 0 Å². The van der Waals surface area contributed by atoms with Gasteiger partial charge >= 0.3 is 0 Å². The summed E-state index contributed by atoms with van der Waals surface area (Å²) in [6.45, 7) is 4.27. The maximum Gasteiger partial charge on any atom is 0.164 e. The van der Waals surface area contributed by atoms with Crippen LogP contribution in [0.2, 0.25) is 5.02 Å². The number of benzene rings is 2. The van der Waals surface area contributed by atoms with Gasteiger partial charge in [0.2, 0.25) is 0 Å². The molecule has 0 amide bonds. The summed E-state index contributed by atoms with van der Waals surface area (Å²) >= 11 is 6.10. The summed E-state index contributed by atoms with van der Waals surface area (Å²) in [6.07, 6.45) is 4.26. The first-order chi connectivity index (χ1) is 14.5. The third kappa shape index (κ3) is 3.20. The van der Waals surface area contributed by atoms with E-state index in [1.165, 1.54) is 23.4 Å². The maximum atomic E-state index is 13.6. The Kier molecular flexibility index (Phi) is 4.82. The molecule has 2 aromatic carbocycles. The van der Waals surface area contributed by atoms with Crippen LogP contribution in [0.1, 0.15) is 36.7 Å². The van der Waals surface area contributed by atoms with Crippen LogP contribution in [0.25, 0.3) is 28.0 Å². The number of nitrogens with zero attached hydrogens (tertiary/aromatic N) is 3. The molecule has 2 aromatic heterocycles. The van der Waals surface area contributed by atoms with Crippen LogP contribution >= 0.6 is 11.6 Å². The van der Waals surface area contributed by atoms with Crippen molar-refractivity contribution >= 4 is 17.2 Å². The zero-order chi connectivity index (χ0) is 20.8. The number of halogens is 2. The van der Waals surface area contributed by atoms with Gasteiger partial charge in [-0.05, 0) is 74.1 Å². The van der Waals surface area contributed by atoms with Gasteiger partial charge in [0.05, 0.1) is 11.4 Å². The van der Waals surface area contributed by atoms with Crippen LogP contribution in [-0.2, 0) is 12.8 Å². The van der Waals surface area contributed by atoms with Gasteiger partial charge in [0.15, 0.2) is 5.65 Å². The molecule has 0 bridgehead atoms. The Labute approximate surface area is 180 Å². The molecular weight excluding hydrogens is 397 g/mol. The first-order valence-electron chi connectivity index (χ1n) is 10.5. The molecule has 0 aliphatic heterocycles. The zero-order valence-electron chi connectivity index (χ0n) is 17.1. The van der Waals surface area contributed by atoms with E-state index in [0.717, 1.165) is 59.4 Å². The lowest BCUT2D eigenvalue weighted by Crippen LogP contribution is -2.19. The second-order valence-corrected chi connectivity index (χ2v) is 8.55. The van der Waals surface area contributed by atoms with Crippen molar-refractivity contribution in [3.63, 3.8) is 0 Å². The molecule has 0 spiro atoms. The average molecular weight is 420 g/mol. The zero-order valence-corrected chi connectivity index (χ0v) is 17.9. The topological polar surface area (TPSA) is 30.2 Å². The Morgan fingerprint density at radius 1 is 1.07 bits per heavy atom. The first kappa shape index (κ1) is 19.3. The number of aryl methyl sites for hydroxylation is 2. The molecule has 0 radical (unpaired) electrons. The van der Waals surface area contributed by atoms with Crippen molar-refractivity contribution in [3.8, 4) is 22.4 Å². The molecule has 0 unspecified atom stereocenters. The Bertz CT molecular complexity index is 1230. The second-order valence-electron chi connectivity index (χ2n) is 8.11. The van der Waals surface area contributed by atoms with Crippen LogP contribution in [0, 0.1) is 18.7 Å². The molecule has 152 valence electrons. The van der Waals surface area contributed by atoms with E-state index in [4.69, 9.17) is 21.7 Å². The standard InChI is InChI=1S/C25H23ClFN3/c1-3-16-4-13-22-21(14-16)24(18-7-11-20(27)12-8-18)28-25-23(15(2)29-30(22)25)17-5-9-19(26)10-6-17/h5-12,16H,3-4,13-14H2,1-2H3/t16-/m1/s1. The molecule has 5 rings (SSSR count). The minimum Gasteiger partial charge on any atom is -0.228 e. The molecular formula is C25H23ClFN3. The highest BCUT2D eigenvalue weighted by Crippen LogP contribution is 2.37. The molecule has 1 atom stereocenters. The second kappa shape index (κ2) is 7.51. The van der Waals surface area contributed by atoms with Crippen LogP contribution in [0.5, 0.6) is 0 Å². The smallest absolute Gasteiger partial charge is 0.164 e. The summed E-state index contributed by atoms with van der Waals surface area (Å²) in [5.74, 6) is 0.408. The molecule has 0 saturated heterocycles. The van der Waals surface area contributed by atoms with E-state index in [0.29, 0.717) is 10.9 Å². The summed E-state index contributed by atoms with van der Waals surface area (Å²) in [5, 5.41) is 5.59. The van der Waals surface area contributed by atoms with Gasteiger partial charge in [0.25, 0.3) is 0 Å². The monoisotopic (exact) mass is 419 g/mol. The van der Waals surface area contributed by atoms with E-state index in [9.17, 15) is 4.39 Å². The maximum absolute atomic E-state index is 13.6. The van der Waals surface area contributed by atoms with Crippen molar-refractivity contribution in [2.75, 3.05) is 0 Å². The SMILES string of the molecule is CC[C@@H]1CCc2c(c(-c3ccc(F)cc3)nc3c(-c4ccc(Cl)cc4)c(C)nn23)C1. The summed E-state index contributed by atoms with van der Waals surface area (Å²) in [4.78, 5) is 5.12. The van der Waals surface area contributed by atoms with Gasteiger partial charge in [-0.2, -0.15) is 5.10 Å². The van der Waals surface area contributed by atoms with E-state index in [1.54, 1.807) is 0 Å². The fourth-order valence-corrected chi connectivity index (χ4v) is 4.72. The highest BCUT2D eigenvalue weighted by atomic mass is 35.5. The number of hydrogen-bond donors (Lipinski definition) is 0. The van der Waals surface area contributed by atoms with Crippen molar-refractivity contribution in [3.05, 3.63) is 76.3 Å². The van der Waals surface area contributed by atoms with Crippen LogP contribution < -0.4 is 0 Å². The van der Waals surface area contributed by atoms with Crippen molar-refractivity contribution in [2.45, 2.75) is 39.5 Å². The molecule has 3 nitrogen and oxygen atoms in total. The predicted octanol–water partition coefficient (Wildman–Crippen LogP) is 6.68. The molecule has 5 heteroatoms. The van der Waals surface area contributed by atoms with Crippen LogP contribution in [0.15, 0.2) is 48.5 Å². The van der Waals surface area contributed by atoms with Crippen molar-refractivity contribution in [1.29, 1.82) is 0 Å². The van der Waals surface area contributed by atoms with E-state index in [1.807, 2.05) is 47.8 Å². The van der Waals surface area contributed by atoms with E-state index in [-0.39, 0.29) is 5.82 Å². The molecule has 0 fully saturated rings. The Balaban J connectivity index is 1.80. The third-order valence-electron chi connectivity index (χ3n) is 6.25. The fourth-order valence-electron chi connectivity index (χ4n) is 4.60. The van der Waals surface area contributed by atoms with Crippen molar-refractivity contribution < 1.29 is 4.39 Å². The summed E-state index contributed by atoms with van der Waals surface area (Å²) in [7, 11) is 0. The Morgan fingerprint density at radius 3 is 2.47 bits per heavy atom. The molecule has 1 aliphatic carbocycles. The Morgan fingerprint density at radius 2 is 1.77 bits per heavy atom. The first-order valence-corrected chi connectivity index (χ1v) is 10.9. The summed E-state index contributed by atoms with van der Waals surface area (Å²) in [6, 6.07) is 14.5. The van der Waals surface area contributed by atoms with Crippen molar-refractivity contribution in [1.82, 2.24) is 14.6 Å². The molecule has 1 aliphatic rings. The van der Waals surface area contributed by atoms with E-state index in [2.05, 4.69) is 6.92 Å². The fraction of sp³-hybridized carbons (Fsp3) is 0.280. The van der Waals surface area contributed by atoms with Gasteiger partial charge in [-0.3, -0.25) is 0 Å². The number of fused-ring (bicyclic) bond motifs is 3. The van der Waals surface area contributed by atoms with Gasteiger partial charge < -0.3 is 0 Å². The van der Waals surface area contributed by atoms with Crippen molar-refractivity contribution in [2.24, 2.45) is 5.92 Å². The van der Waals surface area contributed by atoms with Gasteiger partial charge in [-0.1, -0.05) is 37.1 Å². The lowest BCUT2D eigenvalue weighted by Gasteiger charge is -2.26. The summed E-state index contributed by atoms with van der Waals surface area (Å²) < 4.78 is 15.6. The highest BCUT2D eigenvalue weighted by Gasteiger charge is 2.27. The lowest BCUT2D eigenvalue weighted by atomic mass is 9.83. The molecule has 2 heterocycles. The lowest BCUT2D eigenvalue weighted by molar-refractivity contribution is 0.435. The average Bonchev–Trinajstić information content (AvgIpc) is 3.10. The summed E-state index contributed by atoms with van der Waals surface area (Å²) in [5.41, 5.74) is 8.24. The van der Waals surface area contributed by atoms with E-state index >= 15 is 0 Å². The van der Waals surface area contributed by atoms with Gasteiger partial charge in [0.1, 0.15) is 5.82 Å². The minimum absolute atomic E-state index is 0.234. The predicted molar refractivity (Wildman–Crippen MR) is 119 cm³/mol. The molecule has 4 aromatic rings. The molecule has 30 heavy (non-hydrogen) atoms. The normalized spacial score (nSPS) is 16.1. The largest absolute Gasteiger partial charge is 0.228 e. The van der Waals surface area contributed by atoms with Crippen LogP contribution in [0.3, 0.4) is 0 Å². The van der Waals surface area contributed by atoms with Crippen LogP contribution in [0.4, 0.5) is 4.39 Å². The van der Waals surface area contributed by atoms with Gasteiger partial charge in [-0.25, -0.2) is 13.9 Å². The third-order valence-corrected chi connectivity index (χ3v) is 6.51. The molecule has 0 saturated carbocycles. The minimum atomic E-state index is -0.234. The Hall–Kier alpha value is -2.72. The van der Waals surface area contributed by atoms with Gasteiger partial charge in [0, 0.05) is 27.4 Å². The number of rotatable bonds is 3. The van der Waals surface area contributed by atoms with Crippen LogP contribution in [-0.4, -0.2) is 14.6 Å². The highest BCUT2D eigenvalue weighted by molar-refractivity contribution is 6.30. The quantitative estimate of drug-likeness (QED) is 0.370. The number of hydrogen-bond acceptors (Lipinski definition) is 2. The number of aromatic nitrogens is 3. The molecule has 0 N–H and O–H groups in total.